The van der Waals surface area contributed by atoms with Crippen LogP contribution in [0.2, 0.25) is 0 Å². The predicted octanol–water partition coefficient (Wildman–Crippen LogP) is 4.05. The second kappa shape index (κ2) is 8.89. The highest BCUT2D eigenvalue weighted by Crippen LogP contribution is 2.25. The van der Waals surface area contributed by atoms with Crippen LogP contribution < -0.4 is 20.3 Å². The zero-order valence-electron chi connectivity index (χ0n) is 14.1. The van der Waals surface area contributed by atoms with Gasteiger partial charge in [-0.15, -0.1) is 0 Å². The van der Waals surface area contributed by atoms with E-state index in [1.165, 1.54) is 5.56 Å². The van der Waals surface area contributed by atoms with Crippen molar-refractivity contribution in [3.05, 3.63) is 52.5 Å². The van der Waals surface area contributed by atoms with Crippen LogP contribution in [-0.4, -0.2) is 32.9 Å². The van der Waals surface area contributed by atoms with E-state index in [-0.39, 0.29) is 0 Å². The molecule has 0 aliphatic carbocycles. The highest BCUT2D eigenvalue weighted by Gasteiger charge is 2.03. The fourth-order valence-corrected chi connectivity index (χ4v) is 3.01. The summed E-state index contributed by atoms with van der Waals surface area (Å²) >= 11 is 8.84. The molecule has 4 nitrogen and oxygen atoms in total. The molecule has 0 aliphatic rings. The van der Waals surface area contributed by atoms with Gasteiger partial charge in [0.2, 0.25) is 0 Å². The molecular formula is C18H22BrN3OS. The third kappa shape index (κ3) is 5.39. The van der Waals surface area contributed by atoms with Gasteiger partial charge >= 0.3 is 0 Å². The van der Waals surface area contributed by atoms with E-state index in [9.17, 15) is 0 Å². The van der Waals surface area contributed by atoms with Crippen molar-refractivity contribution in [3.63, 3.8) is 0 Å². The van der Waals surface area contributed by atoms with Crippen LogP contribution in [0.4, 0.5) is 11.4 Å². The molecule has 0 amide bonds. The van der Waals surface area contributed by atoms with E-state index in [0.29, 0.717) is 5.11 Å². The molecule has 0 aromatic heterocycles. The van der Waals surface area contributed by atoms with E-state index < -0.39 is 0 Å². The first-order valence-corrected chi connectivity index (χ1v) is 8.84. The summed E-state index contributed by atoms with van der Waals surface area (Å²) in [4.78, 5) is 2.06. The number of nitrogens with zero attached hydrogens (tertiary/aromatic N) is 1. The Morgan fingerprint density at radius 3 is 2.46 bits per heavy atom. The molecule has 6 heteroatoms. The molecule has 0 aliphatic heterocycles. The molecule has 0 fully saturated rings. The number of ether oxygens (including phenoxy) is 1. The van der Waals surface area contributed by atoms with Gasteiger partial charge in [-0.1, -0.05) is 6.07 Å². The second-order valence-corrected chi connectivity index (χ2v) is 6.80. The summed E-state index contributed by atoms with van der Waals surface area (Å²) in [6, 6.07) is 14.2. The lowest BCUT2D eigenvalue weighted by Gasteiger charge is -2.14. The monoisotopic (exact) mass is 407 g/mol. The normalized spacial score (nSPS) is 10.2. The van der Waals surface area contributed by atoms with Crippen molar-refractivity contribution in [1.82, 2.24) is 5.32 Å². The Morgan fingerprint density at radius 2 is 1.88 bits per heavy atom. The van der Waals surface area contributed by atoms with Crippen LogP contribution in [0.15, 0.2) is 46.9 Å². The summed E-state index contributed by atoms with van der Waals surface area (Å²) in [5.41, 5.74) is 3.35. The van der Waals surface area contributed by atoms with Crippen molar-refractivity contribution in [3.8, 4) is 5.75 Å². The fraction of sp³-hybridized carbons (Fsp3) is 0.278. The molecule has 2 aromatic carbocycles. The summed E-state index contributed by atoms with van der Waals surface area (Å²) in [5.74, 6) is 0.838. The lowest BCUT2D eigenvalue weighted by atomic mass is 10.1. The molecule has 2 N–H and O–H groups in total. The fourth-order valence-electron chi connectivity index (χ4n) is 2.20. The zero-order chi connectivity index (χ0) is 17.5. The maximum absolute atomic E-state index is 5.34. The summed E-state index contributed by atoms with van der Waals surface area (Å²) in [6.45, 7) is 0.764. The first-order chi connectivity index (χ1) is 11.5. The van der Waals surface area contributed by atoms with Crippen molar-refractivity contribution in [2.75, 3.05) is 38.0 Å². The van der Waals surface area contributed by atoms with Crippen molar-refractivity contribution in [2.24, 2.45) is 0 Å². The number of hydrogen-bond donors (Lipinski definition) is 2. The minimum Gasteiger partial charge on any atom is -0.496 e. The van der Waals surface area contributed by atoms with E-state index in [4.69, 9.17) is 17.0 Å². The third-order valence-corrected chi connectivity index (χ3v) is 4.42. The topological polar surface area (TPSA) is 36.5 Å². The highest BCUT2D eigenvalue weighted by molar-refractivity contribution is 9.10. The number of anilines is 2. The Balaban J connectivity index is 1.79. The van der Waals surface area contributed by atoms with E-state index in [2.05, 4.69) is 55.7 Å². The van der Waals surface area contributed by atoms with Gasteiger partial charge in [-0.3, -0.25) is 0 Å². The van der Waals surface area contributed by atoms with Gasteiger partial charge in [0, 0.05) is 32.0 Å². The number of rotatable bonds is 6. The summed E-state index contributed by atoms with van der Waals surface area (Å²) < 4.78 is 6.20. The molecule has 0 radical (unpaired) electrons. The number of benzene rings is 2. The second-order valence-electron chi connectivity index (χ2n) is 5.54. The van der Waals surface area contributed by atoms with Crippen molar-refractivity contribution in [2.45, 2.75) is 6.42 Å². The number of nitrogens with one attached hydrogen (secondary N) is 2. The van der Waals surface area contributed by atoms with Gasteiger partial charge in [-0.05, 0) is 76.5 Å². The average molecular weight is 408 g/mol. The molecule has 0 unspecified atom stereocenters. The number of halogens is 1. The quantitative estimate of drug-likeness (QED) is 0.706. The zero-order valence-corrected chi connectivity index (χ0v) is 16.5. The molecule has 0 atom stereocenters. The maximum atomic E-state index is 5.34. The molecule has 0 bridgehead atoms. The SMILES string of the molecule is COc1ccc(CCNC(=S)Nc2ccc(N(C)C)cc2)cc1Br. The number of methoxy groups -OCH3 is 1. The number of thiocarbonyl (C=S) groups is 1. The highest BCUT2D eigenvalue weighted by atomic mass is 79.9. The van der Waals surface area contributed by atoms with E-state index >= 15 is 0 Å². The predicted molar refractivity (Wildman–Crippen MR) is 109 cm³/mol. The van der Waals surface area contributed by atoms with Crippen molar-refractivity contribution in [1.29, 1.82) is 0 Å². The van der Waals surface area contributed by atoms with Gasteiger partial charge in [0.15, 0.2) is 5.11 Å². The van der Waals surface area contributed by atoms with Gasteiger partial charge in [0.25, 0.3) is 0 Å². The first kappa shape index (κ1) is 18.5. The molecule has 0 saturated carbocycles. The Hall–Kier alpha value is -1.79. The smallest absolute Gasteiger partial charge is 0.170 e. The third-order valence-electron chi connectivity index (χ3n) is 3.56. The van der Waals surface area contributed by atoms with Gasteiger partial charge in [0.05, 0.1) is 11.6 Å². The molecule has 0 spiro atoms. The molecule has 128 valence electrons. The van der Waals surface area contributed by atoms with Crippen LogP contribution in [0.25, 0.3) is 0 Å². The van der Waals surface area contributed by atoms with Gasteiger partial charge in [-0.2, -0.15) is 0 Å². The average Bonchev–Trinajstić information content (AvgIpc) is 2.55. The van der Waals surface area contributed by atoms with Crippen LogP contribution in [-0.2, 0) is 6.42 Å². The van der Waals surface area contributed by atoms with Gasteiger partial charge in [0.1, 0.15) is 5.75 Å². The van der Waals surface area contributed by atoms with E-state index in [0.717, 1.165) is 34.6 Å². The molecule has 0 saturated heterocycles. The number of hydrogen-bond acceptors (Lipinski definition) is 3. The van der Waals surface area contributed by atoms with Crippen molar-refractivity contribution < 1.29 is 4.74 Å². The first-order valence-electron chi connectivity index (χ1n) is 7.64. The Labute approximate surface area is 157 Å². The summed E-state index contributed by atoms with van der Waals surface area (Å²) in [7, 11) is 5.70. The van der Waals surface area contributed by atoms with E-state index in [1.807, 2.05) is 32.3 Å². The van der Waals surface area contributed by atoms with Crippen LogP contribution in [0, 0.1) is 0 Å². The lowest BCUT2D eigenvalue weighted by Crippen LogP contribution is -2.30. The minimum atomic E-state index is 0.625. The summed E-state index contributed by atoms with van der Waals surface area (Å²) in [6.07, 6.45) is 0.879. The Morgan fingerprint density at radius 1 is 1.17 bits per heavy atom. The van der Waals surface area contributed by atoms with Crippen molar-refractivity contribution >= 4 is 44.6 Å². The molecule has 2 aromatic rings. The van der Waals surface area contributed by atoms with Crippen LogP contribution in [0.3, 0.4) is 0 Å². The summed E-state index contributed by atoms with van der Waals surface area (Å²) in [5, 5.41) is 7.05. The molecule has 2 rings (SSSR count). The lowest BCUT2D eigenvalue weighted by molar-refractivity contribution is 0.412. The Bertz CT molecular complexity index is 689. The molecular weight excluding hydrogens is 386 g/mol. The van der Waals surface area contributed by atoms with E-state index in [1.54, 1.807) is 7.11 Å². The van der Waals surface area contributed by atoms with Gasteiger partial charge < -0.3 is 20.3 Å². The molecule has 24 heavy (non-hydrogen) atoms. The van der Waals surface area contributed by atoms with Gasteiger partial charge in [-0.25, -0.2) is 0 Å². The largest absolute Gasteiger partial charge is 0.496 e. The standard InChI is InChI=1S/C18H22BrN3OS/c1-22(2)15-7-5-14(6-8-15)21-18(24)20-11-10-13-4-9-17(23-3)16(19)12-13/h4-9,12H,10-11H2,1-3H3,(H2,20,21,24). The molecule has 0 heterocycles. The van der Waals surface area contributed by atoms with Crippen LogP contribution >= 0.6 is 28.1 Å². The van der Waals surface area contributed by atoms with Crippen LogP contribution in [0.5, 0.6) is 5.75 Å². The maximum Gasteiger partial charge on any atom is 0.170 e. The van der Waals surface area contributed by atoms with Crippen LogP contribution in [0.1, 0.15) is 5.56 Å². The minimum absolute atomic E-state index is 0.625. The Kier molecular flexibility index (Phi) is 6.87.